The van der Waals surface area contributed by atoms with E-state index in [1.807, 2.05) is 12.3 Å². The van der Waals surface area contributed by atoms with Crippen LogP contribution in [0.25, 0.3) is 10.9 Å². The van der Waals surface area contributed by atoms with Crippen molar-refractivity contribution in [1.29, 1.82) is 0 Å². The maximum atomic E-state index is 5.44. The normalized spacial score (nSPS) is 14.9. The van der Waals surface area contributed by atoms with Gasteiger partial charge in [-0.3, -0.25) is 9.88 Å². The first kappa shape index (κ1) is 18.4. The van der Waals surface area contributed by atoms with Gasteiger partial charge in [0.25, 0.3) is 0 Å². The summed E-state index contributed by atoms with van der Waals surface area (Å²) in [6.07, 6.45) is 1.87. The molecular formula is C22H24BrN3O. The molecule has 27 heavy (non-hydrogen) atoms. The monoisotopic (exact) mass is 425 g/mol. The molecule has 3 aromatic rings. The molecule has 1 aliphatic rings. The number of morpholine rings is 1. The van der Waals surface area contributed by atoms with Crippen LogP contribution in [0.1, 0.15) is 11.1 Å². The fourth-order valence-corrected chi connectivity index (χ4v) is 4.16. The summed E-state index contributed by atoms with van der Waals surface area (Å²) in [4.78, 5) is 9.30. The number of fused-ring (bicyclic) bond motifs is 1. The van der Waals surface area contributed by atoms with Gasteiger partial charge in [-0.1, -0.05) is 34.1 Å². The van der Waals surface area contributed by atoms with Crippen LogP contribution in [0, 0.1) is 0 Å². The third kappa shape index (κ3) is 4.49. The molecular weight excluding hydrogens is 402 g/mol. The van der Waals surface area contributed by atoms with Crippen LogP contribution >= 0.6 is 15.9 Å². The molecule has 2 aromatic carbocycles. The van der Waals surface area contributed by atoms with Crippen molar-refractivity contribution < 1.29 is 4.74 Å². The minimum absolute atomic E-state index is 0.819. The highest BCUT2D eigenvalue weighted by atomic mass is 79.9. The molecule has 0 aliphatic carbocycles. The summed E-state index contributed by atoms with van der Waals surface area (Å²) in [6, 6.07) is 17.3. The Kier molecular flexibility index (Phi) is 5.72. The molecule has 0 bridgehead atoms. The van der Waals surface area contributed by atoms with Crippen LogP contribution in [0.15, 0.2) is 59.2 Å². The van der Waals surface area contributed by atoms with Crippen LogP contribution in [0.4, 0.5) is 5.69 Å². The van der Waals surface area contributed by atoms with Crippen molar-refractivity contribution in [2.24, 2.45) is 0 Å². The topological polar surface area (TPSA) is 28.6 Å². The van der Waals surface area contributed by atoms with E-state index >= 15 is 0 Å². The smallest absolute Gasteiger partial charge is 0.0747 e. The van der Waals surface area contributed by atoms with Gasteiger partial charge in [-0.05, 0) is 48.5 Å². The molecule has 1 aromatic heterocycles. The van der Waals surface area contributed by atoms with Crippen LogP contribution in [-0.4, -0.2) is 43.2 Å². The van der Waals surface area contributed by atoms with Crippen molar-refractivity contribution in [3.8, 4) is 0 Å². The zero-order chi connectivity index (χ0) is 18.6. The summed E-state index contributed by atoms with van der Waals surface area (Å²) in [7, 11) is 2.16. The van der Waals surface area contributed by atoms with Crippen molar-refractivity contribution in [3.63, 3.8) is 0 Å². The summed E-state index contributed by atoms with van der Waals surface area (Å²) in [5, 5.41) is 1.17. The predicted octanol–water partition coefficient (Wildman–Crippen LogP) is 4.47. The summed E-state index contributed by atoms with van der Waals surface area (Å²) >= 11 is 3.63. The lowest BCUT2D eigenvalue weighted by Crippen LogP contribution is -2.36. The lowest BCUT2D eigenvalue weighted by Gasteiger charge is -2.29. The first-order chi connectivity index (χ1) is 13.2. The second-order valence-electron chi connectivity index (χ2n) is 7.08. The van der Waals surface area contributed by atoms with Crippen LogP contribution in [-0.2, 0) is 17.8 Å². The molecule has 4 rings (SSSR count). The van der Waals surface area contributed by atoms with Crippen LogP contribution in [0.3, 0.4) is 0 Å². The molecule has 0 radical (unpaired) electrons. The number of anilines is 1. The molecule has 5 heteroatoms. The Morgan fingerprint density at radius 2 is 1.85 bits per heavy atom. The molecule has 0 N–H and O–H groups in total. The van der Waals surface area contributed by atoms with Gasteiger partial charge in [0.1, 0.15) is 0 Å². The minimum Gasteiger partial charge on any atom is -0.378 e. The first-order valence-electron chi connectivity index (χ1n) is 9.32. The number of hydrogen-bond acceptors (Lipinski definition) is 4. The highest BCUT2D eigenvalue weighted by molar-refractivity contribution is 9.10. The Morgan fingerprint density at radius 1 is 1.07 bits per heavy atom. The molecule has 0 unspecified atom stereocenters. The molecule has 1 saturated heterocycles. The number of aromatic nitrogens is 1. The molecule has 0 saturated carbocycles. The highest BCUT2D eigenvalue weighted by Crippen LogP contribution is 2.24. The predicted molar refractivity (Wildman–Crippen MR) is 114 cm³/mol. The molecule has 1 aliphatic heterocycles. The first-order valence-corrected chi connectivity index (χ1v) is 10.1. The van der Waals surface area contributed by atoms with Crippen molar-refractivity contribution in [1.82, 2.24) is 9.88 Å². The second kappa shape index (κ2) is 8.38. The van der Waals surface area contributed by atoms with E-state index in [1.165, 1.54) is 22.2 Å². The minimum atomic E-state index is 0.819. The van der Waals surface area contributed by atoms with Crippen LogP contribution in [0.5, 0.6) is 0 Å². The maximum Gasteiger partial charge on any atom is 0.0747 e. The largest absolute Gasteiger partial charge is 0.378 e. The number of pyridine rings is 1. The SMILES string of the molecule is CN(Cc1ccc(N2CCOCC2)cc1)Cc1cc(Br)cc2cccnc12. The molecule has 0 amide bonds. The van der Waals surface area contributed by atoms with Gasteiger partial charge in [-0.25, -0.2) is 0 Å². The number of hydrogen-bond donors (Lipinski definition) is 0. The fraction of sp³-hybridized carbons (Fsp3) is 0.318. The zero-order valence-corrected chi connectivity index (χ0v) is 17.2. The standard InChI is InChI=1S/C22H24BrN3O/c1-25(16-19-14-20(23)13-18-3-2-8-24-22(18)19)15-17-4-6-21(7-5-17)26-9-11-27-12-10-26/h2-8,13-14H,9-12,15-16H2,1H3. The zero-order valence-electron chi connectivity index (χ0n) is 15.6. The van der Waals surface area contributed by atoms with E-state index in [0.29, 0.717) is 0 Å². The van der Waals surface area contributed by atoms with Crippen molar-refractivity contribution in [2.45, 2.75) is 13.1 Å². The number of ether oxygens (including phenoxy) is 1. The van der Waals surface area contributed by atoms with E-state index in [0.717, 1.165) is 49.4 Å². The number of rotatable bonds is 5. The van der Waals surface area contributed by atoms with Gasteiger partial charge >= 0.3 is 0 Å². The number of nitrogens with zero attached hydrogens (tertiary/aromatic N) is 3. The summed E-state index contributed by atoms with van der Waals surface area (Å²) in [6.45, 7) is 5.35. The van der Waals surface area contributed by atoms with E-state index in [1.54, 1.807) is 0 Å². The van der Waals surface area contributed by atoms with Crippen molar-refractivity contribution >= 4 is 32.5 Å². The Labute approximate surface area is 168 Å². The number of benzene rings is 2. The van der Waals surface area contributed by atoms with Crippen LogP contribution < -0.4 is 4.90 Å². The molecule has 0 spiro atoms. The van der Waals surface area contributed by atoms with Gasteiger partial charge < -0.3 is 9.64 Å². The summed E-state index contributed by atoms with van der Waals surface area (Å²) in [5.41, 5.74) is 4.93. The Morgan fingerprint density at radius 3 is 2.63 bits per heavy atom. The average Bonchev–Trinajstić information content (AvgIpc) is 2.69. The number of halogens is 1. The molecule has 140 valence electrons. The van der Waals surface area contributed by atoms with E-state index in [9.17, 15) is 0 Å². The van der Waals surface area contributed by atoms with Gasteiger partial charge in [0.15, 0.2) is 0 Å². The molecule has 4 nitrogen and oxygen atoms in total. The van der Waals surface area contributed by atoms with E-state index in [2.05, 4.69) is 80.2 Å². The van der Waals surface area contributed by atoms with Crippen molar-refractivity contribution in [2.75, 3.05) is 38.3 Å². The van der Waals surface area contributed by atoms with Gasteiger partial charge in [-0.15, -0.1) is 0 Å². The van der Waals surface area contributed by atoms with Crippen LogP contribution in [0.2, 0.25) is 0 Å². The summed E-state index contributed by atoms with van der Waals surface area (Å²) < 4.78 is 6.53. The van der Waals surface area contributed by atoms with Gasteiger partial charge in [-0.2, -0.15) is 0 Å². The molecule has 2 heterocycles. The van der Waals surface area contributed by atoms with Gasteiger partial charge in [0, 0.05) is 47.9 Å². The summed E-state index contributed by atoms with van der Waals surface area (Å²) in [5.74, 6) is 0. The Bertz CT molecular complexity index is 907. The molecule has 0 atom stereocenters. The van der Waals surface area contributed by atoms with E-state index in [4.69, 9.17) is 4.74 Å². The highest BCUT2D eigenvalue weighted by Gasteiger charge is 2.12. The average molecular weight is 426 g/mol. The Balaban J connectivity index is 1.44. The third-order valence-corrected chi connectivity index (χ3v) is 5.41. The fourth-order valence-electron chi connectivity index (χ4n) is 3.64. The molecule has 1 fully saturated rings. The maximum absolute atomic E-state index is 5.44. The lowest BCUT2D eigenvalue weighted by atomic mass is 10.1. The van der Waals surface area contributed by atoms with E-state index < -0.39 is 0 Å². The quantitative estimate of drug-likeness (QED) is 0.602. The van der Waals surface area contributed by atoms with E-state index in [-0.39, 0.29) is 0 Å². The van der Waals surface area contributed by atoms with Gasteiger partial charge in [0.05, 0.1) is 18.7 Å². The lowest BCUT2D eigenvalue weighted by molar-refractivity contribution is 0.122. The second-order valence-corrected chi connectivity index (χ2v) is 7.99. The third-order valence-electron chi connectivity index (χ3n) is 4.95. The van der Waals surface area contributed by atoms with Crippen molar-refractivity contribution in [3.05, 3.63) is 70.3 Å². The Hall–Kier alpha value is -1.95. The van der Waals surface area contributed by atoms with Gasteiger partial charge in [0.2, 0.25) is 0 Å².